The molecule has 0 bridgehead atoms. The minimum Gasteiger partial charge on any atom is -0.452 e. The number of aromatic nitrogens is 1. The zero-order valence-corrected chi connectivity index (χ0v) is 19.4. The number of pyridine rings is 1. The predicted octanol–water partition coefficient (Wildman–Crippen LogP) is 6.34. The molecule has 0 saturated heterocycles. The first kappa shape index (κ1) is 23.1. The Hall–Kier alpha value is -3.12. The molecule has 166 valence electrons. The molecular weight excluding hydrogens is 483 g/mol. The number of para-hydroxylation sites is 1. The third-order valence-corrected chi connectivity index (χ3v) is 5.74. The van der Waals surface area contributed by atoms with Crippen molar-refractivity contribution in [1.29, 1.82) is 0 Å². The second-order valence-electron chi connectivity index (χ2n) is 7.17. The molecule has 3 aromatic carbocycles. The number of ether oxygens (including phenoxy) is 1. The average Bonchev–Trinajstić information content (AvgIpc) is 2.81. The third-order valence-electron chi connectivity index (χ3n) is 4.90. The quantitative estimate of drug-likeness (QED) is 0.315. The van der Waals surface area contributed by atoms with E-state index in [4.69, 9.17) is 39.5 Å². The van der Waals surface area contributed by atoms with E-state index in [1.54, 1.807) is 42.5 Å². The Labute approximate surface area is 205 Å². The Morgan fingerprint density at radius 3 is 2.36 bits per heavy atom. The van der Waals surface area contributed by atoms with Gasteiger partial charge in [-0.15, -0.1) is 0 Å². The standard InChI is InChI=1S/C25H17Cl3N2O3/c26-17-8-5-15(6-9-17)23-12-20(19-3-1-2-4-22(19)30-23)25(32)33-14-24(31)29-13-16-7-10-18(27)11-21(16)28/h1-12H,13-14H2,(H,29,31). The largest absolute Gasteiger partial charge is 0.452 e. The first-order valence-electron chi connectivity index (χ1n) is 9.94. The lowest BCUT2D eigenvalue weighted by Crippen LogP contribution is -2.28. The summed E-state index contributed by atoms with van der Waals surface area (Å²) < 4.78 is 5.29. The van der Waals surface area contributed by atoms with Crippen LogP contribution in [0, 0.1) is 0 Å². The number of carbonyl (C=O) groups is 2. The predicted molar refractivity (Wildman–Crippen MR) is 131 cm³/mol. The monoisotopic (exact) mass is 498 g/mol. The van der Waals surface area contributed by atoms with Crippen molar-refractivity contribution < 1.29 is 14.3 Å². The van der Waals surface area contributed by atoms with Gasteiger partial charge in [-0.3, -0.25) is 4.79 Å². The molecule has 33 heavy (non-hydrogen) atoms. The van der Waals surface area contributed by atoms with Crippen LogP contribution < -0.4 is 5.32 Å². The maximum atomic E-state index is 12.9. The van der Waals surface area contributed by atoms with E-state index in [1.807, 2.05) is 30.3 Å². The first-order chi connectivity index (χ1) is 15.9. The lowest BCUT2D eigenvalue weighted by atomic mass is 10.0. The molecule has 8 heteroatoms. The topological polar surface area (TPSA) is 68.3 Å². The van der Waals surface area contributed by atoms with Gasteiger partial charge >= 0.3 is 5.97 Å². The van der Waals surface area contributed by atoms with Gasteiger partial charge < -0.3 is 10.1 Å². The Kier molecular flexibility index (Phi) is 7.14. The number of nitrogens with one attached hydrogen (secondary N) is 1. The van der Waals surface area contributed by atoms with Gasteiger partial charge in [0.15, 0.2) is 6.61 Å². The highest BCUT2D eigenvalue weighted by atomic mass is 35.5. The smallest absolute Gasteiger partial charge is 0.339 e. The molecule has 0 atom stereocenters. The van der Waals surface area contributed by atoms with Gasteiger partial charge in [0.05, 0.1) is 16.8 Å². The van der Waals surface area contributed by atoms with Gasteiger partial charge in [0, 0.05) is 32.6 Å². The average molecular weight is 500 g/mol. The molecule has 0 aliphatic carbocycles. The number of esters is 1. The van der Waals surface area contributed by atoms with Crippen molar-refractivity contribution in [3.63, 3.8) is 0 Å². The molecular formula is C25H17Cl3N2O3. The fraction of sp³-hybridized carbons (Fsp3) is 0.0800. The summed E-state index contributed by atoms with van der Waals surface area (Å²) in [5, 5.41) is 4.86. The summed E-state index contributed by atoms with van der Waals surface area (Å²) in [7, 11) is 0. The molecule has 0 radical (unpaired) electrons. The van der Waals surface area contributed by atoms with Crippen LogP contribution in [0.1, 0.15) is 15.9 Å². The molecule has 0 spiro atoms. The van der Waals surface area contributed by atoms with Crippen molar-refractivity contribution in [2.75, 3.05) is 6.61 Å². The van der Waals surface area contributed by atoms with E-state index in [2.05, 4.69) is 10.3 Å². The summed E-state index contributed by atoms with van der Waals surface area (Å²) in [6, 6.07) is 21.1. The van der Waals surface area contributed by atoms with Gasteiger partial charge in [0.2, 0.25) is 0 Å². The van der Waals surface area contributed by atoms with Gasteiger partial charge in [-0.05, 0) is 42.0 Å². The van der Waals surface area contributed by atoms with Gasteiger partial charge in [-0.25, -0.2) is 9.78 Å². The second kappa shape index (κ2) is 10.2. The van der Waals surface area contributed by atoms with Crippen molar-refractivity contribution in [3.8, 4) is 11.3 Å². The van der Waals surface area contributed by atoms with Gasteiger partial charge in [-0.1, -0.05) is 71.2 Å². The SMILES string of the molecule is O=C(COC(=O)c1cc(-c2ccc(Cl)cc2)nc2ccccc12)NCc1ccc(Cl)cc1Cl. The fourth-order valence-corrected chi connectivity index (χ4v) is 3.83. The van der Waals surface area contributed by atoms with Gasteiger partial charge in [0.1, 0.15) is 0 Å². The van der Waals surface area contributed by atoms with Crippen molar-refractivity contribution in [3.05, 3.63) is 99.0 Å². The highest BCUT2D eigenvalue weighted by Gasteiger charge is 2.17. The third kappa shape index (κ3) is 5.63. The summed E-state index contributed by atoms with van der Waals surface area (Å²) in [6.45, 7) is -0.248. The summed E-state index contributed by atoms with van der Waals surface area (Å²) >= 11 is 18.0. The number of hydrogen-bond donors (Lipinski definition) is 1. The Balaban J connectivity index is 1.49. The molecule has 1 heterocycles. The van der Waals surface area contributed by atoms with Crippen LogP contribution in [0.15, 0.2) is 72.8 Å². The molecule has 5 nitrogen and oxygen atoms in total. The molecule has 1 N–H and O–H groups in total. The van der Waals surface area contributed by atoms with Crippen LogP contribution in [0.25, 0.3) is 22.2 Å². The minimum atomic E-state index is -0.622. The Morgan fingerprint density at radius 2 is 1.61 bits per heavy atom. The van der Waals surface area contributed by atoms with Gasteiger partial charge in [-0.2, -0.15) is 0 Å². The van der Waals surface area contributed by atoms with E-state index in [0.717, 1.165) is 5.56 Å². The number of fused-ring (bicyclic) bond motifs is 1. The summed E-state index contributed by atoms with van der Waals surface area (Å²) in [6.07, 6.45) is 0. The summed E-state index contributed by atoms with van der Waals surface area (Å²) in [5.41, 5.74) is 3.06. The molecule has 1 amide bonds. The lowest BCUT2D eigenvalue weighted by Gasteiger charge is -2.11. The van der Waals surface area contributed by atoms with E-state index < -0.39 is 18.5 Å². The maximum absolute atomic E-state index is 12.9. The van der Waals surface area contributed by atoms with E-state index in [1.165, 1.54) is 0 Å². The van der Waals surface area contributed by atoms with Gasteiger partial charge in [0.25, 0.3) is 5.91 Å². The van der Waals surface area contributed by atoms with Crippen LogP contribution in [-0.2, 0) is 16.1 Å². The number of nitrogens with zero attached hydrogens (tertiary/aromatic N) is 1. The molecule has 0 aliphatic rings. The van der Waals surface area contributed by atoms with Crippen LogP contribution in [0.2, 0.25) is 15.1 Å². The number of hydrogen-bond acceptors (Lipinski definition) is 4. The van der Waals surface area contributed by atoms with Crippen LogP contribution in [0.5, 0.6) is 0 Å². The van der Waals surface area contributed by atoms with Crippen molar-refractivity contribution in [1.82, 2.24) is 10.3 Å². The number of halogens is 3. The van der Waals surface area contributed by atoms with Crippen molar-refractivity contribution in [2.45, 2.75) is 6.54 Å². The van der Waals surface area contributed by atoms with Crippen LogP contribution in [-0.4, -0.2) is 23.5 Å². The Morgan fingerprint density at radius 1 is 0.879 bits per heavy atom. The lowest BCUT2D eigenvalue weighted by molar-refractivity contribution is -0.124. The highest BCUT2D eigenvalue weighted by Crippen LogP contribution is 2.26. The van der Waals surface area contributed by atoms with E-state index in [0.29, 0.717) is 42.8 Å². The fourth-order valence-electron chi connectivity index (χ4n) is 3.23. The zero-order chi connectivity index (χ0) is 23.4. The van der Waals surface area contributed by atoms with E-state index >= 15 is 0 Å². The van der Waals surface area contributed by atoms with Crippen molar-refractivity contribution >= 4 is 57.6 Å². The Bertz CT molecular complexity index is 1340. The molecule has 4 rings (SSSR count). The highest BCUT2D eigenvalue weighted by molar-refractivity contribution is 6.35. The second-order valence-corrected chi connectivity index (χ2v) is 8.45. The summed E-state index contributed by atoms with van der Waals surface area (Å²) in [5.74, 6) is -1.07. The van der Waals surface area contributed by atoms with Crippen LogP contribution in [0.4, 0.5) is 0 Å². The number of rotatable bonds is 6. The number of benzene rings is 3. The zero-order valence-electron chi connectivity index (χ0n) is 17.1. The molecule has 1 aromatic heterocycles. The summed E-state index contributed by atoms with van der Waals surface area (Å²) in [4.78, 5) is 29.8. The molecule has 0 fully saturated rings. The normalized spacial score (nSPS) is 10.8. The molecule has 0 unspecified atom stereocenters. The van der Waals surface area contributed by atoms with E-state index in [-0.39, 0.29) is 6.54 Å². The minimum absolute atomic E-state index is 0.186. The molecule has 0 aliphatic heterocycles. The van der Waals surface area contributed by atoms with Crippen LogP contribution >= 0.6 is 34.8 Å². The number of carbonyl (C=O) groups excluding carboxylic acids is 2. The molecule has 0 saturated carbocycles. The van der Waals surface area contributed by atoms with Crippen LogP contribution in [0.3, 0.4) is 0 Å². The first-order valence-corrected chi connectivity index (χ1v) is 11.1. The molecule has 4 aromatic rings. The number of amides is 1. The van der Waals surface area contributed by atoms with Crippen molar-refractivity contribution in [2.24, 2.45) is 0 Å². The van der Waals surface area contributed by atoms with E-state index in [9.17, 15) is 9.59 Å². The maximum Gasteiger partial charge on any atom is 0.339 e.